The lowest BCUT2D eigenvalue weighted by atomic mass is 10.2. The number of hydrogen-bond donors (Lipinski definition) is 0. The molecule has 10 heteroatoms. The summed E-state index contributed by atoms with van der Waals surface area (Å²) in [6.07, 6.45) is 3.58. The Balaban J connectivity index is 1.54. The van der Waals surface area contributed by atoms with Crippen LogP contribution in [0, 0.1) is 0 Å². The van der Waals surface area contributed by atoms with E-state index in [-0.39, 0.29) is 12.0 Å². The summed E-state index contributed by atoms with van der Waals surface area (Å²) < 4.78 is 4.98. The number of nitrogens with zero attached hydrogens (tertiary/aromatic N) is 6. The van der Waals surface area contributed by atoms with E-state index in [1.807, 2.05) is 4.90 Å². The number of carbonyl (C=O) groups is 3. The van der Waals surface area contributed by atoms with Gasteiger partial charge in [-0.05, 0) is 6.92 Å². The lowest BCUT2D eigenvalue weighted by molar-refractivity contribution is -0.118. The number of rotatable bonds is 4. The molecule has 2 saturated heterocycles. The lowest BCUT2D eigenvalue weighted by Crippen LogP contribution is -2.50. The highest BCUT2D eigenvalue weighted by Gasteiger charge is 2.26. The van der Waals surface area contributed by atoms with Gasteiger partial charge in [-0.2, -0.15) is 0 Å². The summed E-state index contributed by atoms with van der Waals surface area (Å²) in [7, 11) is 0. The molecule has 2 aliphatic rings. The zero-order valence-corrected chi connectivity index (χ0v) is 15.4. The number of ether oxygens (including phenoxy) is 1. The highest BCUT2D eigenvalue weighted by molar-refractivity contribution is 5.93. The van der Waals surface area contributed by atoms with Crippen LogP contribution in [0.25, 0.3) is 0 Å². The van der Waals surface area contributed by atoms with Gasteiger partial charge in [0.1, 0.15) is 0 Å². The molecule has 0 aliphatic carbocycles. The number of piperazine rings is 2. The van der Waals surface area contributed by atoms with Gasteiger partial charge in [0.25, 0.3) is 5.91 Å². The normalized spacial score (nSPS) is 17.7. The second-order valence-electron chi connectivity index (χ2n) is 6.38. The minimum atomic E-state index is -0.341. The van der Waals surface area contributed by atoms with Crippen LogP contribution in [0.15, 0.2) is 12.4 Å². The van der Waals surface area contributed by atoms with E-state index in [0.29, 0.717) is 70.5 Å². The predicted octanol–water partition coefficient (Wildman–Crippen LogP) is -0.331. The molecular weight excluding hydrogens is 352 g/mol. The van der Waals surface area contributed by atoms with Crippen molar-refractivity contribution in [1.82, 2.24) is 24.7 Å². The molecule has 0 unspecified atom stereocenters. The Bertz CT molecular complexity index is 667. The average Bonchev–Trinajstić information content (AvgIpc) is 2.74. The van der Waals surface area contributed by atoms with Crippen LogP contribution in [0.3, 0.4) is 0 Å². The summed E-state index contributed by atoms with van der Waals surface area (Å²) in [6.45, 7) is 6.52. The van der Waals surface area contributed by atoms with Crippen molar-refractivity contribution in [3.63, 3.8) is 0 Å². The van der Waals surface area contributed by atoms with Gasteiger partial charge in [0.15, 0.2) is 0 Å². The van der Waals surface area contributed by atoms with Crippen LogP contribution >= 0.6 is 0 Å². The molecule has 10 nitrogen and oxygen atoms in total. The van der Waals surface area contributed by atoms with E-state index >= 15 is 0 Å². The van der Waals surface area contributed by atoms with Crippen molar-refractivity contribution < 1.29 is 19.1 Å². The van der Waals surface area contributed by atoms with Crippen molar-refractivity contribution in [2.75, 3.05) is 63.9 Å². The standard InChI is InChI=1S/C17H24N6O4/c1-2-27-17(26)23-9-7-21(8-10-23)15(25)14-11-18-16(19-12-14)22-5-3-20(13-24)4-6-22/h11-13H,2-10H2,1H3. The molecule has 0 atom stereocenters. The van der Waals surface area contributed by atoms with Crippen LogP contribution in [-0.4, -0.2) is 102 Å². The summed E-state index contributed by atoms with van der Waals surface area (Å²) >= 11 is 0. The molecule has 1 aromatic heterocycles. The summed E-state index contributed by atoms with van der Waals surface area (Å²) in [5, 5.41) is 0. The fourth-order valence-corrected chi connectivity index (χ4v) is 3.11. The molecule has 2 fully saturated rings. The third kappa shape index (κ3) is 4.44. The van der Waals surface area contributed by atoms with Gasteiger partial charge in [-0.25, -0.2) is 14.8 Å². The molecule has 0 bridgehead atoms. The lowest BCUT2D eigenvalue weighted by Gasteiger charge is -2.34. The summed E-state index contributed by atoms with van der Waals surface area (Å²) in [6, 6.07) is 0. The monoisotopic (exact) mass is 376 g/mol. The summed E-state index contributed by atoms with van der Waals surface area (Å²) in [5.74, 6) is 0.417. The number of amides is 3. The van der Waals surface area contributed by atoms with Crippen LogP contribution in [0.4, 0.5) is 10.7 Å². The summed E-state index contributed by atoms with van der Waals surface area (Å²) in [5.41, 5.74) is 0.426. The molecule has 0 aromatic carbocycles. The smallest absolute Gasteiger partial charge is 0.409 e. The number of carbonyl (C=O) groups excluding carboxylic acids is 3. The molecule has 0 radical (unpaired) electrons. The van der Waals surface area contributed by atoms with Gasteiger partial charge in [-0.3, -0.25) is 9.59 Å². The Morgan fingerprint density at radius 1 is 1.00 bits per heavy atom. The molecule has 0 spiro atoms. The maximum absolute atomic E-state index is 12.6. The van der Waals surface area contributed by atoms with Gasteiger partial charge >= 0.3 is 6.09 Å². The van der Waals surface area contributed by atoms with Gasteiger partial charge in [-0.1, -0.05) is 0 Å². The third-order valence-electron chi connectivity index (χ3n) is 4.72. The quantitative estimate of drug-likeness (QED) is 0.664. The van der Waals surface area contributed by atoms with E-state index in [9.17, 15) is 14.4 Å². The molecule has 27 heavy (non-hydrogen) atoms. The Morgan fingerprint density at radius 3 is 2.15 bits per heavy atom. The molecular formula is C17H24N6O4. The fourth-order valence-electron chi connectivity index (χ4n) is 3.11. The van der Waals surface area contributed by atoms with E-state index < -0.39 is 0 Å². The van der Waals surface area contributed by atoms with Crippen LogP contribution in [0.2, 0.25) is 0 Å². The topological polar surface area (TPSA) is 99.2 Å². The van der Waals surface area contributed by atoms with Crippen molar-refractivity contribution in [3.05, 3.63) is 18.0 Å². The van der Waals surface area contributed by atoms with Crippen LogP contribution in [0.5, 0.6) is 0 Å². The Morgan fingerprint density at radius 2 is 1.59 bits per heavy atom. The van der Waals surface area contributed by atoms with Crippen LogP contribution < -0.4 is 4.90 Å². The largest absolute Gasteiger partial charge is 0.450 e. The minimum absolute atomic E-state index is 0.143. The van der Waals surface area contributed by atoms with Crippen molar-refractivity contribution in [2.24, 2.45) is 0 Å². The molecule has 3 rings (SSSR count). The Kier molecular flexibility index (Phi) is 6.05. The van der Waals surface area contributed by atoms with Crippen molar-refractivity contribution in [2.45, 2.75) is 6.92 Å². The average molecular weight is 376 g/mol. The number of hydrogen-bond acceptors (Lipinski definition) is 7. The maximum atomic E-state index is 12.6. The first-order valence-corrected chi connectivity index (χ1v) is 9.09. The first-order chi connectivity index (χ1) is 13.1. The predicted molar refractivity (Wildman–Crippen MR) is 96.4 cm³/mol. The Labute approximate surface area is 157 Å². The number of aromatic nitrogens is 2. The van der Waals surface area contributed by atoms with Gasteiger partial charge in [-0.15, -0.1) is 0 Å². The third-order valence-corrected chi connectivity index (χ3v) is 4.72. The molecule has 3 amide bonds. The van der Waals surface area contributed by atoms with Crippen LogP contribution in [0.1, 0.15) is 17.3 Å². The molecule has 146 valence electrons. The zero-order chi connectivity index (χ0) is 19.2. The van der Waals surface area contributed by atoms with Crippen molar-refractivity contribution in [1.29, 1.82) is 0 Å². The molecule has 3 heterocycles. The first kappa shape index (κ1) is 18.9. The van der Waals surface area contributed by atoms with Gasteiger partial charge in [0.05, 0.1) is 12.2 Å². The fraction of sp³-hybridized carbons (Fsp3) is 0.588. The SMILES string of the molecule is CCOC(=O)N1CCN(C(=O)c2cnc(N3CCN(C=O)CC3)nc2)CC1. The summed E-state index contributed by atoms with van der Waals surface area (Å²) in [4.78, 5) is 50.7. The number of anilines is 1. The Hall–Kier alpha value is -2.91. The van der Waals surface area contributed by atoms with Gasteiger partial charge < -0.3 is 24.3 Å². The molecule has 0 saturated carbocycles. The van der Waals surface area contributed by atoms with Crippen LogP contribution in [-0.2, 0) is 9.53 Å². The van der Waals surface area contributed by atoms with E-state index in [0.717, 1.165) is 6.41 Å². The molecule has 1 aromatic rings. The second-order valence-corrected chi connectivity index (χ2v) is 6.38. The molecule has 0 N–H and O–H groups in total. The van der Waals surface area contributed by atoms with Gasteiger partial charge in [0, 0.05) is 64.8 Å². The highest BCUT2D eigenvalue weighted by Crippen LogP contribution is 2.13. The maximum Gasteiger partial charge on any atom is 0.409 e. The highest BCUT2D eigenvalue weighted by atomic mass is 16.6. The van der Waals surface area contributed by atoms with Crippen molar-refractivity contribution in [3.8, 4) is 0 Å². The van der Waals surface area contributed by atoms with E-state index in [1.54, 1.807) is 21.6 Å². The zero-order valence-electron chi connectivity index (χ0n) is 15.4. The van der Waals surface area contributed by atoms with E-state index in [4.69, 9.17) is 4.74 Å². The van der Waals surface area contributed by atoms with E-state index in [2.05, 4.69) is 9.97 Å². The van der Waals surface area contributed by atoms with Gasteiger partial charge in [0.2, 0.25) is 12.4 Å². The second kappa shape index (κ2) is 8.65. The first-order valence-electron chi connectivity index (χ1n) is 9.09. The minimum Gasteiger partial charge on any atom is -0.450 e. The molecule has 2 aliphatic heterocycles. The van der Waals surface area contributed by atoms with Crippen molar-refractivity contribution >= 4 is 24.4 Å². The van der Waals surface area contributed by atoms with E-state index in [1.165, 1.54) is 12.4 Å².